The van der Waals surface area contributed by atoms with Gasteiger partial charge in [0.25, 0.3) is 0 Å². The molecule has 0 unspecified atom stereocenters. The number of fused-ring (bicyclic) bond motifs is 1. The highest BCUT2D eigenvalue weighted by molar-refractivity contribution is 7.92. The van der Waals surface area contributed by atoms with Crippen LogP contribution in [0.3, 0.4) is 0 Å². The minimum Gasteiger partial charge on any atom is -0.270 e. The van der Waals surface area contributed by atoms with Crippen molar-refractivity contribution in [3.8, 4) is 0 Å². The molecule has 1 aromatic carbocycles. The lowest BCUT2D eigenvalue weighted by molar-refractivity contribution is 0.585. The largest absolute Gasteiger partial charge is 0.270 e. The SMILES string of the molecule is O=S(=O)(CCCCl)N1CCCc2ccccc21. The number of sulfonamides is 1. The standard InChI is InChI=1S/C12H16ClNO2S/c13-8-4-10-17(15,16)14-9-3-6-11-5-1-2-7-12(11)14/h1-2,5,7H,3-4,6,8-10H2. The van der Waals surface area contributed by atoms with E-state index in [1.54, 1.807) is 4.31 Å². The Balaban J connectivity index is 2.29. The summed E-state index contributed by atoms with van der Waals surface area (Å²) in [6.45, 7) is 0.585. The van der Waals surface area contributed by atoms with Crippen LogP contribution < -0.4 is 4.31 Å². The Hall–Kier alpha value is -0.740. The predicted octanol–water partition coefficient (Wildman–Crippen LogP) is 2.40. The van der Waals surface area contributed by atoms with E-state index >= 15 is 0 Å². The predicted molar refractivity (Wildman–Crippen MR) is 71.2 cm³/mol. The van der Waals surface area contributed by atoms with Gasteiger partial charge in [-0.05, 0) is 30.9 Å². The smallest absolute Gasteiger partial charge is 0.235 e. The summed E-state index contributed by atoms with van der Waals surface area (Å²) in [5, 5.41) is 0. The van der Waals surface area contributed by atoms with E-state index in [0.717, 1.165) is 24.1 Å². The zero-order valence-corrected chi connectivity index (χ0v) is 11.2. The van der Waals surface area contributed by atoms with Gasteiger partial charge < -0.3 is 0 Å². The van der Waals surface area contributed by atoms with Crippen LogP contribution in [0.4, 0.5) is 5.69 Å². The van der Waals surface area contributed by atoms with Gasteiger partial charge in [0.05, 0.1) is 11.4 Å². The number of para-hydroxylation sites is 1. The summed E-state index contributed by atoms with van der Waals surface area (Å²) in [4.78, 5) is 0. The first-order valence-corrected chi connectivity index (χ1v) is 7.94. The Kier molecular flexibility index (Phi) is 3.94. The first-order chi connectivity index (χ1) is 8.15. The monoisotopic (exact) mass is 273 g/mol. The van der Waals surface area contributed by atoms with Gasteiger partial charge in [0.1, 0.15) is 0 Å². The van der Waals surface area contributed by atoms with E-state index in [4.69, 9.17) is 11.6 Å². The van der Waals surface area contributed by atoms with Crippen molar-refractivity contribution in [3.05, 3.63) is 29.8 Å². The molecule has 2 rings (SSSR count). The molecule has 3 nitrogen and oxygen atoms in total. The van der Waals surface area contributed by atoms with Crippen LogP contribution in [0.2, 0.25) is 0 Å². The Morgan fingerprint density at radius 2 is 2.06 bits per heavy atom. The Morgan fingerprint density at radius 3 is 2.82 bits per heavy atom. The van der Waals surface area contributed by atoms with Gasteiger partial charge in [0.15, 0.2) is 0 Å². The maximum absolute atomic E-state index is 12.2. The number of aryl methyl sites for hydroxylation is 1. The molecule has 0 amide bonds. The van der Waals surface area contributed by atoms with Gasteiger partial charge in [-0.1, -0.05) is 18.2 Å². The van der Waals surface area contributed by atoms with Crippen molar-refractivity contribution in [3.63, 3.8) is 0 Å². The molecule has 17 heavy (non-hydrogen) atoms. The summed E-state index contributed by atoms with van der Waals surface area (Å²) < 4.78 is 25.9. The maximum Gasteiger partial charge on any atom is 0.235 e. The van der Waals surface area contributed by atoms with E-state index < -0.39 is 10.0 Å². The Labute approximate surface area is 107 Å². The van der Waals surface area contributed by atoms with E-state index in [1.807, 2.05) is 24.3 Å². The van der Waals surface area contributed by atoms with Crippen molar-refractivity contribution in [2.24, 2.45) is 0 Å². The normalized spacial score (nSPS) is 15.7. The van der Waals surface area contributed by atoms with Crippen LogP contribution in [0.1, 0.15) is 18.4 Å². The molecule has 0 fully saturated rings. The second-order valence-electron chi connectivity index (χ2n) is 4.16. The molecule has 0 bridgehead atoms. The molecule has 0 atom stereocenters. The molecule has 1 heterocycles. The van der Waals surface area contributed by atoms with Crippen molar-refractivity contribution < 1.29 is 8.42 Å². The zero-order chi connectivity index (χ0) is 12.3. The van der Waals surface area contributed by atoms with Crippen molar-refractivity contribution in [2.45, 2.75) is 19.3 Å². The van der Waals surface area contributed by atoms with Crippen LogP contribution in [-0.4, -0.2) is 26.6 Å². The van der Waals surface area contributed by atoms with Crippen LogP contribution in [-0.2, 0) is 16.4 Å². The summed E-state index contributed by atoms with van der Waals surface area (Å²) in [6.07, 6.45) is 2.34. The van der Waals surface area contributed by atoms with Gasteiger partial charge in [-0.25, -0.2) is 8.42 Å². The number of nitrogens with zero attached hydrogens (tertiary/aromatic N) is 1. The molecule has 94 valence electrons. The van der Waals surface area contributed by atoms with Gasteiger partial charge >= 0.3 is 0 Å². The van der Waals surface area contributed by atoms with Crippen molar-refractivity contribution in [1.82, 2.24) is 0 Å². The van der Waals surface area contributed by atoms with E-state index in [0.29, 0.717) is 18.8 Å². The molecule has 0 N–H and O–H groups in total. The minimum atomic E-state index is -3.21. The third kappa shape index (κ3) is 2.75. The highest BCUT2D eigenvalue weighted by atomic mass is 35.5. The van der Waals surface area contributed by atoms with E-state index in [9.17, 15) is 8.42 Å². The molecule has 1 aliphatic heterocycles. The van der Waals surface area contributed by atoms with Gasteiger partial charge in [0, 0.05) is 12.4 Å². The molecule has 0 aliphatic carbocycles. The maximum atomic E-state index is 12.2. The molecule has 5 heteroatoms. The van der Waals surface area contributed by atoms with E-state index in [-0.39, 0.29) is 5.75 Å². The molecule has 0 saturated carbocycles. The zero-order valence-electron chi connectivity index (χ0n) is 9.60. The van der Waals surface area contributed by atoms with Crippen molar-refractivity contribution >= 4 is 27.3 Å². The molecule has 0 aromatic heterocycles. The number of hydrogen-bond acceptors (Lipinski definition) is 2. The lowest BCUT2D eigenvalue weighted by Crippen LogP contribution is -2.37. The third-order valence-electron chi connectivity index (χ3n) is 2.94. The number of alkyl halides is 1. The van der Waals surface area contributed by atoms with Crippen molar-refractivity contribution in [1.29, 1.82) is 0 Å². The Morgan fingerprint density at radius 1 is 1.29 bits per heavy atom. The second kappa shape index (κ2) is 5.27. The topological polar surface area (TPSA) is 37.4 Å². The van der Waals surface area contributed by atoms with Crippen LogP contribution in [0.15, 0.2) is 24.3 Å². The van der Waals surface area contributed by atoms with Gasteiger partial charge in [0.2, 0.25) is 10.0 Å². The van der Waals surface area contributed by atoms with E-state index in [2.05, 4.69) is 0 Å². The van der Waals surface area contributed by atoms with Crippen LogP contribution in [0, 0.1) is 0 Å². The average molecular weight is 274 g/mol. The second-order valence-corrected chi connectivity index (χ2v) is 6.55. The number of halogens is 1. The quantitative estimate of drug-likeness (QED) is 0.790. The molecule has 0 radical (unpaired) electrons. The van der Waals surface area contributed by atoms with E-state index in [1.165, 1.54) is 0 Å². The fourth-order valence-electron chi connectivity index (χ4n) is 2.14. The van der Waals surface area contributed by atoms with Crippen LogP contribution in [0.25, 0.3) is 0 Å². The number of hydrogen-bond donors (Lipinski definition) is 0. The van der Waals surface area contributed by atoms with Crippen LogP contribution in [0.5, 0.6) is 0 Å². The lowest BCUT2D eigenvalue weighted by atomic mass is 10.0. The number of rotatable bonds is 4. The summed E-state index contributed by atoms with van der Waals surface area (Å²) in [5.41, 5.74) is 1.96. The van der Waals surface area contributed by atoms with Gasteiger partial charge in [-0.2, -0.15) is 0 Å². The van der Waals surface area contributed by atoms with Crippen molar-refractivity contribution in [2.75, 3.05) is 22.5 Å². The summed E-state index contributed by atoms with van der Waals surface area (Å²) in [6, 6.07) is 7.72. The fraction of sp³-hybridized carbons (Fsp3) is 0.500. The first-order valence-electron chi connectivity index (χ1n) is 5.79. The highest BCUT2D eigenvalue weighted by Gasteiger charge is 2.26. The minimum absolute atomic E-state index is 0.130. The summed E-state index contributed by atoms with van der Waals surface area (Å²) >= 11 is 5.56. The summed E-state index contributed by atoms with van der Waals surface area (Å²) in [7, 11) is -3.21. The Bertz CT molecular complexity index is 487. The number of benzene rings is 1. The van der Waals surface area contributed by atoms with Gasteiger partial charge in [-0.15, -0.1) is 11.6 Å². The highest BCUT2D eigenvalue weighted by Crippen LogP contribution is 2.29. The molecule has 0 spiro atoms. The third-order valence-corrected chi connectivity index (χ3v) is 5.06. The molecule has 1 aromatic rings. The molecular weight excluding hydrogens is 258 g/mol. The van der Waals surface area contributed by atoms with Crippen LogP contribution >= 0.6 is 11.6 Å². The van der Waals surface area contributed by atoms with Gasteiger partial charge in [-0.3, -0.25) is 4.31 Å². The lowest BCUT2D eigenvalue weighted by Gasteiger charge is -2.30. The number of anilines is 1. The average Bonchev–Trinajstić information content (AvgIpc) is 2.36. The fourth-order valence-corrected chi connectivity index (χ4v) is 4.04. The first kappa shape index (κ1) is 12.7. The molecule has 0 saturated heterocycles. The molecule has 1 aliphatic rings. The molecular formula is C12H16ClNO2S. The summed E-state index contributed by atoms with van der Waals surface area (Å²) in [5.74, 6) is 0.513.